The second-order valence-corrected chi connectivity index (χ2v) is 4.26. The van der Waals surface area contributed by atoms with Crippen molar-refractivity contribution in [3.8, 4) is 5.75 Å². The molecule has 0 saturated carbocycles. The van der Waals surface area contributed by atoms with E-state index in [1.54, 1.807) is 0 Å². The molecule has 1 aromatic rings. The van der Waals surface area contributed by atoms with Gasteiger partial charge < -0.3 is 4.74 Å². The first-order valence-electron chi connectivity index (χ1n) is 5.12. The summed E-state index contributed by atoms with van der Waals surface area (Å²) in [6, 6.07) is 6.39. The Labute approximate surface area is 90.0 Å². The summed E-state index contributed by atoms with van der Waals surface area (Å²) in [5, 5.41) is 0. The van der Waals surface area contributed by atoms with E-state index in [4.69, 9.17) is 16.3 Å². The number of ether oxygens (including phenoxy) is 1. The largest absolute Gasteiger partial charge is 0.490 e. The van der Waals surface area contributed by atoms with Crippen LogP contribution in [0.2, 0.25) is 0 Å². The highest BCUT2D eigenvalue weighted by Gasteiger charge is 2.21. The lowest BCUT2D eigenvalue weighted by Gasteiger charge is -2.08. The van der Waals surface area contributed by atoms with Crippen molar-refractivity contribution in [1.29, 1.82) is 0 Å². The van der Waals surface area contributed by atoms with Crippen LogP contribution >= 0.6 is 11.6 Å². The number of rotatable bonds is 3. The molecule has 0 bridgehead atoms. The summed E-state index contributed by atoms with van der Waals surface area (Å²) in [5.74, 6) is 1.80. The van der Waals surface area contributed by atoms with Crippen molar-refractivity contribution in [2.75, 3.05) is 5.88 Å². The van der Waals surface area contributed by atoms with Crippen LogP contribution in [-0.4, -0.2) is 12.0 Å². The molecule has 0 amide bonds. The number of alkyl halides is 1. The molecule has 1 atom stereocenters. The molecule has 0 spiro atoms. The van der Waals surface area contributed by atoms with Gasteiger partial charge in [-0.2, -0.15) is 0 Å². The Morgan fingerprint density at radius 2 is 2.36 bits per heavy atom. The van der Waals surface area contributed by atoms with E-state index in [2.05, 4.69) is 25.1 Å². The molecule has 0 aromatic heterocycles. The predicted molar refractivity (Wildman–Crippen MR) is 59.3 cm³/mol. The Bertz CT molecular complexity index is 322. The third-order valence-electron chi connectivity index (χ3n) is 2.62. The molecule has 1 aliphatic rings. The molecule has 1 nitrogen and oxygen atoms in total. The number of aryl methyl sites for hydroxylation is 1. The molecule has 1 aromatic carbocycles. The van der Waals surface area contributed by atoms with Gasteiger partial charge in [-0.05, 0) is 31.4 Å². The molecule has 14 heavy (non-hydrogen) atoms. The summed E-state index contributed by atoms with van der Waals surface area (Å²) in [7, 11) is 0. The van der Waals surface area contributed by atoms with Gasteiger partial charge in [-0.1, -0.05) is 17.7 Å². The lowest BCUT2D eigenvalue weighted by molar-refractivity contribution is 0.220. The van der Waals surface area contributed by atoms with Crippen LogP contribution in [0.1, 0.15) is 24.0 Å². The van der Waals surface area contributed by atoms with Crippen molar-refractivity contribution in [1.82, 2.24) is 0 Å². The average molecular weight is 211 g/mol. The maximum Gasteiger partial charge on any atom is 0.123 e. The van der Waals surface area contributed by atoms with Crippen molar-refractivity contribution >= 4 is 11.6 Å². The molecule has 2 heteroatoms. The Morgan fingerprint density at radius 1 is 1.50 bits per heavy atom. The van der Waals surface area contributed by atoms with E-state index >= 15 is 0 Å². The Kier molecular flexibility index (Phi) is 2.97. The van der Waals surface area contributed by atoms with Gasteiger partial charge in [0.15, 0.2) is 0 Å². The Balaban J connectivity index is 2.03. The van der Waals surface area contributed by atoms with Crippen molar-refractivity contribution in [2.45, 2.75) is 32.3 Å². The Hall–Kier alpha value is -0.690. The van der Waals surface area contributed by atoms with Crippen LogP contribution in [0.4, 0.5) is 0 Å². The standard InChI is InChI=1S/C12H15ClO/c1-9-4-5-12-10(7-9)8-11(14-12)3-2-6-13/h4-5,7,11H,2-3,6,8H2,1H3. The molecule has 76 valence electrons. The molecular formula is C12H15ClO. The molecule has 0 fully saturated rings. The highest BCUT2D eigenvalue weighted by Crippen LogP contribution is 2.31. The average Bonchev–Trinajstić information content (AvgIpc) is 2.56. The zero-order valence-corrected chi connectivity index (χ0v) is 9.18. The smallest absolute Gasteiger partial charge is 0.123 e. The quantitative estimate of drug-likeness (QED) is 0.696. The molecule has 0 N–H and O–H groups in total. The second-order valence-electron chi connectivity index (χ2n) is 3.89. The van der Waals surface area contributed by atoms with Gasteiger partial charge in [-0.25, -0.2) is 0 Å². The van der Waals surface area contributed by atoms with Gasteiger partial charge in [0.2, 0.25) is 0 Å². The third-order valence-corrected chi connectivity index (χ3v) is 2.88. The fraction of sp³-hybridized carbons (Fsp3) is 0.500. The second kappa shape index (κ2) is 4.22. The minimum absolute atomic E-state index is 0.352. The molecule has 1 aliphatic heterocycles. The lowest BCUT2D eigenvalue weighted by atomic mass is 10.1. The van der Waals surface area contributed by atoms with Crippen LogP contribution in [0.3, 0.4) is 0 Å². The topological polar surface area (TPSA) is 9.23 Å². The van der Waals surface area contributed by atoms with Crippen LogP contribution in [-0.2, 0) is 6.42 Å². The summed E-state index contributed by atoms with van der Waals surface area (Å²) in [6.45, 7) is 2.12. The van der Waals surface area contributed by atoms with Crippen molar-refractivity contribution in [2.24, 2.45) is 0 Å². The highest BCUT2D eigenvalue weighted by atomic mass is 35.5. The number of hydrogen-bond acceptors (Lipinski definition) is 1. The van der Waals surface area contributed by atoms with E-state index in [0.29, 0.717) is 6.10 Å². The van der Waals surface area contributed by atoms with E-state index in [1.165, 1.54) is 11.1 Å². The zero-order valence-electron chi connectivity index (χ0n) is 8.42. The van der Waals surface area contributed by atoms with Crippen LogP contribution in [0, 0.1) is 6.92 Å². The fourth-order valence-electron chi connectivity index (χ4n) is 1.92. The number of hydrogen-bond donors (Lipinski definition) is 0. The first-order valence-corrected chi connectivity index (χ1v) is 5.65. The third kappa shape index (κ3) is 2.03. The van der Waals surface area contributed by atoms with Gasteiger partial charge in [0.25, 0.3) is 0 Å². The molecule has 0 aliphatic carbocycles. The van der Waals surface area contributed by atoms with Crippen LogP contribution in [0.15, 0.2) is 18.2 Å². The molecular weight excluding hydrogens is 196 g/mol. The van der Waals surface area contributed by atoms with Crippen LogP contribution < -0.4 is 4.74 Å². The zero-order chi connectivity index (χ0) is 9.97. The van der Waals surface area contributed by atoms with E-state index < -0.39 is 0 Å². The van der Waals surface area contributed by atoms with E-state index in [0.717, 1.165) is 30.9 Å². The lowest BCUT2D eigenvalue weighted by Crippen LogP contribution is -2.12. The van der Waals surface area contributed by atoms with Gasteiger partial charge in [0.05, 0.1) is 0 Å². The first kappa shape index (κ1) is 9.85. The maximum absolute atomic E-state index is 5.81. The minimum Gasteiger partial charge on any atom is -0.490 e. The van der Waals surface area contributed by atoms with Gasteiger partial charge in [0, 0.05) is 12.3 Å². The number of halogens is 1. The maximum atomic E-state index is 5.81. The van der Waals surface area contributed by atoms with Crippen LogP contribution in [0.5, 0.6) is 5.75 Å². The predicted octanol–water partition coefficient (Wildman–Crippen LogP) is 3.32. The monoisotopic (exact) mass is 210 g/mol. The summed E-state index contributed by atoms with van der Waals surface area (Å²) in [5.41, 5.74) is 2.66. The summed E-state index contributed by atoms with van der Waals surface area (Å²) < 4.78 is 5.81. The van der Waals surface area contributed by atoms with Crippen molar-refractivity contribution in [3.63, 3.8) is 0 Å². The van der Waals surface area contributed by atoms with E-state index in [9.17, 15) is 0 Å². The summed E-state index contributed by atoms with van der Waals surface area (Å²) in [4.78, 5) is 0. The number of benzene rings is 1. The molecule has 0 saturated heterocycles. The summed E-state index contributed by atoms with van der Waals surface area (Å²) >= 11 is 5.66. The summed E-state index contributed by atoms with van der Waals surface area (Å²) in [6.07, 6.45) is 3.51. The van der Waals surface area contributed by atoms with Gasteiger partial charge >= 0.3 is 0 Å². The van der Waals surface area contributed by atoms with Crippen LogP contribution in [0.25, 0.3) is 0 Å². The molecule has 0 radical (unpaired) electrons. The fourth-order valence-corrected chi connectivity index (χ4v) is 2.07. The normalized spacial score (nSPS) is 19.1. The van der Waals surface area contributed by atoms with Crippen molar-refractivity contribution in [3.05, 3.63) is 29.3 Å². The van der Waals surface area contributed by atoms with Gasteiger partial charge in [0.1, 0.15) is 11.9 Å². The van der Waals surface area contributed by atoms with Crippen molar-refractivity contribution < 1.29 is 4.74 Å². The molecule has 2 rings (SSSR count). The first-order chi connectivity index (χ1) is 6.79. The van der Waals surface area contributed by atoms with Gasteiger partial charge in [-0.15, -0.1) is 11.6 Å². The molecule has 1 heterocycles. The SMILES string of the molecule is Cc1ccc2c(c1)CC(CCCCl)O2. The number of fused-ring (bicyclic) bond motifs is 1. The van der Waals surface area contributed by atoms with E-state index in [-0.39, 0.29) is 0 Å². The van der Waals surface area contributed by atoms with E-state index in [1.807, 2.05) is 0 Å². The highest BCUT2D eigenvalue weighted by molar-refractivity contribution is 6.17. The molecule has 1 unspecified atom stereocenters. The Morgan fingerprint density at radius 3 is 3.14 bits per heavy atom. The minimum atomic E-state index is 0.352. The van der Waals surface area contributed by atoms with Gasteiger partial charge in [-0.3, -0.25) is 0 Å².